The quantitative estimate of drug-likeness (QED) is 0.794. The number of benzene rings is 1. The molecule has 0 bridgehead atoms. The minimum atomic E-state index is -0.647. The molecule has 21 heavy (non-hydrogen) atoms. The maximum Gasteiger partial charge on any atom is 0.263 e. The van der Waals surface area contributed by atoms with Gasteiger partial charge in [0.2, 0.25) is 6.41 Å². The number of hydrogen-bond donors (Lipinski definition) is 0. The monoisotopic (exact) mass is 330 g/mol. The van der Waals surface area contributed by atoms with Crippen molar-refractivity contribution in [2.75, 3.05) is 26.2 Å². The Labute approximate surface area is 133 Å². The highest BCUT2D eigenvalue weighted by molar-refractivity contribution is 6.35. The average Bonchev–Trinajstić information content (AvgIpc) is 2.49. The summed E-state index contributed by atoms with van der Waals surface area (Å²) in [5, 5.41) is 0.879. The van der Waals surface area contributed by atoms with Gasteiger partial charge in [0.25, 0.3) is 5.91 Å². The zero-order valence-corrected chi connectivity index (χ0v) is 13.1. The van der Waals surface area contributed by atoms with E-state index >= 15 is 0 Å². The number of rotatable bonds is 4. The third kappa shape index (κ3) is 4.02. The molecular weight excluding hydrogens is 315 g/mol. The summed E-state index contributed by atoms with van der Waals surface area (Å²) >= 11 is 11.8. The fourth-order valence-corrected chi connectivity index (χ4v) is 2.57. The van der Waals surface area contributed by atoms with Crippen LogP contribution in [0, 0.1) is 0 Å². The van der Waals surface area contributed by atoms with Crippen molar-refractivity contribution >= 4 is 35.5 Å². The molecule has 1 aliphatic rings. The zero-order valence-electron chi connectivity index (χ0n) is 11.6. The van der Waals surface area contributed by atoms with Crippen LogP contribution in [0.3, 0.4) is 0 Å². The van der Waals surface area contributed by atoms with E-state index in [1.165, 1.54) is 0 Å². The summed E-state index contributed by atoms with van der Waals surface area (Å²) < 4.78 is 5.60. The van der Waals surface area contributed by atoms with Crippen LogP contribution in [-0.4, -0.2) is 54.4 Å². The van der Waals surface area contributed by atoms with Crippen LogP contribution < -0.4 is 4.74 Å². The molecule has 0 spiro atoms. The second-order valence-corrected chi connectivity index (χ2v) is 5.65. The molecule has 1 saturated heterocycles. The van der Waals surface area contributed by atoms with Crippen molar-refractivity contribution < 1.29 is 14.3 Å². The molecule has 1 heterocycles. The summed E-state index contributed by atoms with van der Waals surface area (Å²) in [5.74, 6) is 0.306. The largest absolute Gasteiger partial charge is 0.479 e. The molecule has 1 aliphatic heterocycles. The molecule has 1 fully saturated rings. The first-order valence-corrected chi connectivity index (χ1v) is 7.36. The van der Waals surface area contributed by atoms with E-state index in [0.29, 0.717) is 42.0 Å². The van der Waals surface area contributed by atoms with Crippen molar-refractivity contribution in [1.29, 1.82) is 0 Å². The molecule has 1 unspecified atom stereocenters. The minimum Gasteiger partial charge on any atom is -0.479 e. The minimum absolute atomic E-state index is 0.119. The topological polar surface area (TPSA) is 49.9 Å². The summed E-state index contributed by atoms with van der Waals surface area (Å²) in [6.45, 7) is 3.80. The van der Waals surface area contributed by atoms with E-state index in [0.717, 1.165) is 6.41 Å². The van der Waals surface area contributed by atoms with E-state index in [9.17, 15) is 9.59 Å². The first-order valence-electron chi connectivity index (χ1n) is 6.61. The van der Waals surface area contributed by atoms with Gasteiger partial charge in [-0.05, 0) is 25.1 Å². The number of halogens is 2. The molecule has 0 saturated carbocycles. The summed E-state index contributed by atoms with van der Waals surface area (Å²) in [6, 6.07) is 4.86. The third-order valence-electron chi connectivity index (χ3n) is 3.32. The van der Waals surface area contributed by atoms with Crippen molar-refractivity contribution in [3.8, 4) is 5.75 Å². The van der Waals surface area contributed by atoms with Crippen LogP contribution in [0.15, 0.2) is 18.2 Å². The molecule has 0 radical (unpaired) electrons. The van der Waals surface area contributed by atoms with Crippen LogP contribution in [0.5, 0.6) is 5.75 Å². The maximum absolute atomic E-state index is 12.3. The molecule has 0 N–H and O–H groups in total. The Kier molecular flexibility index (Phi) is 5.31. The van der Waals surface area contributed by atoms with E-state index in [4.69, 9.17) is 27.9 Å². The Morgan fingerprint density at radius 1 is 1.29 bits per heavy atom. The number of hydrogen-bond acceptors (Lipinski definition) is 3. The standard InChI is InChI=1S/C14H16Cl2N2O3/c1-10(21-13-3-2-11(15)8-12(13)16)14(20)18-6-4-17(9-19)5-7-18/h2-3,8-10H,4-7H2,1H3. The number of carbonyl (C=O) groups is 2. The van der Waals surface area contributed by atoms with Gasteiger partial charge in [0, 0.05) is 31.2 Å². The lowest BCUT2D eigenvalue weighted by atomic mass is 10.2. The van der Waals surface area contributed by atoms with Crippen molar-refractivity contribution in [1.82, 2.24) is 9.80 Å². The summed E-state index contributed by atoms with van der Waals surface area (Å²) in [4.78, 5) is 26.3. The molecule has 1 atom stereocenters. The highest BCUT2D eigenvalue weighted by Crippen LogP contribution is 2.28. The van der Waals surface area contributed by atoms with Crippen LogP contribution in [-0.2, 0) is 9.59 Å². The van der Waals surface area contributed by atoms with Gasteiger partial charge < -0.3 is 14.5 Å². The van der Waals surface area contributed by atoms with Gasteiger partial charge in [-0.3, -0.25) is 9.59 Å². The molecular formula is C14H16Cl2N2O3. The molecule has 1 aromatic carbocycles. The molecule has 0 aromatic heterocycles. The number of piperazine rings is 1. The maximum atomic E-state index is 12.3. The van der Waals surface area contributed by atoms with E-state index in [2.05, 4.69) is 0 Å². The van der Waals surface area contributed by atoms with Crippen molar-refractivity contribution in [2.24, 2.45) is 0 Å². The fraction of sp³-hybridized carbons (Fsp3) is 0.429. The zero-order chi connectivity index (χ0) is 15.4. The van der Waals surface area contributed by atoms with Gasteiger partial charge in [-0.15, -0.1) is 0 Å². The number of carbonyl (C=O) groups excluding carboxylic acids is 2. The summed E-state index contributed by atoms with van der Waals surface area (Å²) in [5.41, 5.74) is 0. The first-order chi connectivity index (χ1) is 10.0. The van der Waals surface area contributed by atoms with Crippen LogP contribution in [0.25, 0.3) is 0 Å². The summed E-state index contributed by atoms with van der Waals surface area (Å²) in [6.07, 6.45) is 0.154. The Balaban J connectivity index is 1.95. The fourth-order valence-electron chi connectivity index (χ4n) is 2.12. The molecule has 2 amide bonds. The van der Waals surface area contributed by atoms with Gasteiger partial charge in [0.1, 0.15) is 5.75 Å². The normalized spacial score (nSPS) is 16.5. The third-order valence-corrected chi connectivity index (χ3v) is 3.85. The van der Waals surface area contributed by atoms with Crippen LogP contribution in [0.1, 0.15) is 6.92 Å². The Bertz CT molecular complexity index is 531. The number of nitrogens with zero attached hydrogens (tertiary/aromatic N) is 2. The predicted molar refractivity (Wildman–Crippen MR) is 80.8 cm³/mol. The van der Waals surface area contributed by atoms with E-state index in [1.54, 1.807) is 34.9 Å². The van der Waals surface area contributed by atoms with Crippen LogP contribution >= 0.6 is 23.2 Å². The van der Waals surface area contributed by atoms with Gasteiger partial charge in [0.15, 0.2) is 6.10 Å². The molecule has 0 aliphatic carbocycles. The van der Waals surface area contributed by atoms with Crippen LogP contribution in [0.2, 0.25) is 10.0 Å². The smallest absolute Gasteiger partial charge is 0.263 e. The van der Waals surface area contributed by atoms with Crippen molar-refractivity contribution in [3.63, 3.8) is 0 Å². The second kappa shape index (κ2) is 7.00. The van der Waals surface area contributed by atoms with Crippen molar-refractivity contribution in [3.05, 3.63) is 28.2 Å². The van der Waals surface area contributed by atoms with Gasteiger partial charge in [0.05, 0.1) is 5.02 Å². The molecule has 2 rings (SSSR count). The van der Waals surface area contributed by atoms with Crippen molar-refractivity contribution in [2.45, 2.75) is 13.0 Å². The van der Waals surface area contributed by atoms with E-state index in [1.807, 2.05) is 0 Å². The number of ether oxygens (including phenoxy) is 1. The molecule has 7 heteroatoms. The first kappa shape index (κ1) is 15.9. The average molecular weight is 331 g/mol. The molecule has 5 nitrogen and oxygen atoms in total. The summed E-state index contributed by atoms with van der Waals surface area (Å²) in [7, 11) is 0. The van der Waals surface area contributed by atoms with Gasteiger partial charge in [-0.1, -0.05) is 23.2 Å². The highest BCUT2D eigenvalue weighted by atomic mass is 35.5. The molecule has 1 aromatic rings. The molecule has 114 valence electrons. The predicted octanol–water partition coefficient (Wildman–Crippen LogP) is 2.06. The lowest BCUT2D eigenvalue weighted by Gasteiger charge is -2.34. The van der Waals surface area contributed by atoms with E-state index < -0.39 is 6.10 Å². The van der Waals surface area contributed by atoms with Gasteiger partial charge in [-0.2, -0.15) is 0 Å². The van der Waals surface area contributed by atoms with Crippen LogP contribution in [0.4, 0.5) is 0 Å². The highest BCUT2D eigenvalue weighted by Gasteiger charge is 2.25. The van der Waals surface area contributed by atoms with Gasteiger partial charge in [-0.25, -0.2) is 0 Å². The van der Waals surface area contributed by atoms with Gasteiger partial charge >= 0.3 is 0 Å². The number of amides is 2. The Hall–Kier alpha value is -1.46. The second-order valence-electron chi connectivity index (χ2n) is 4.80. The lowest BCUT2D eigenvalue weighted by molar-refractivity contribution is -0.141. The Morgan fingerprint density at radius 3 is 2.52 bits per heavy atom. The Morgan fingerprint density at radius 2 is 1.95 bits per heavy atom. The SMILES string of the molecule is CC(Oc1ccc(Cl)cc1Cl)C(=O)N1CCN(C=O)CC1. The lowest BCUT2D eigenvalue weighted by Crippen LogP contribution is -2.51. The van der Waals surface area contributed by atoms with E-state index in [-0.39, 0.29) is 5.91 Å².